The van der Waals surface area contributed by atoms with Crippen LogP contribution in [0.3, 0.4) is 0 Å². The van der Waals surface area contributed by atoms with Gasteiger partial charge in [-0.25, -0.2) is 0 Å². The number of carbonyl (C=O) groups is 1. The van der Waals surface area contributed by atoms with Gasteiger partial charge >= 0.3 is 5.97 Å². The van der Waals surface area contributed by atoms with Gasteiger partial charge in [0.15, 0.2) is 0 Å². The van der Waals surface area contributed by atoms with Crippen LogP contribution in [-0.4, -0.2) is 23.3 Å². The molecular formula is C17H28O3. The summed E-state index contributed by atoms with van der Waals surface area (Å²) >= 11 is 0. The molecule has 3 saturated carbocycles. The van der Waals surface area contributed by atoms with Crippen molar-refractivity contribution in [3.05, 3.63) is 0 Å². The molecule has 0 aromatic rings. The first kappa shape index (κ1) is 14.4. The van der Waals surface area contributed by atoms with Gasteiger partial charge in [0.1, 0.15) is 6.10 Å². The number of hydrogen-bond donors (Lipinski definition) is 1. The third-order valence-electron chi connectivity index (χ3n) is 5.77. The van der Waals surface area contributed by atoms with E-state index in [9.17, 15) is 9.90 Å². The molecule has 3 aliphatic carbocycles. The molecule has 114 valence electrons. The van der Waals surface area contributed by atoms with E-state index < -0.39 is 6.10 Å². The Kier molecular flexibility index (Phi) is 4.65. The highest BCUT2D eigenvalue weighted by Crippen LogP contribution is 2.43. The topological polar surface area (TPSA) is 46.5 Å². The van der Waals surface area contributed by atoms with Crippen molar-refractivity contribution in [1.29, 1.82) is 0 Å². The number of ether oxygens (including phenoxy) is 1. The Labute approximate surface area is 122 Å². The van der Waals surface area contributed by atoms with E-state index in [1.807, 2.05) is 0 Å². The fourth-order valence-electron chi connectivity index (χ4n) is 4.55. The normalized spacial score (nSPS) is 39.0. The first-order valence-corrected chi connectivity index (χ1v) is 8.62. The van der Waals surface area contributed by atoms with E-state index in [1.54, 1.807) is 0 Å². The highest BCUT2D eigenvalue weighted by atomic mass is 16.5. The number of aliphatic hydroxyl groups excluding tert-OH is 1. The van der Waals surface area contributed by atoms with Gasteiger partial charge in [0.05, 0.1) is 12.0 Å². The lowest BCUT2D eigenvalue weighted by Gasteiger charge is -2.41. The van der Waals surface area contributed by atoms with E-state index in [1.165, 1.54) is 44.9 Å². The fraction of sp³-hybridized carbons (Fsp3) is 0.941. The van der Waals surface area contributed by atoms with Crippen molar-refractivity contribution in [1.82, 2.24) is 0 Å². The van der Waals surface area contributed by atoms with Crippen LogP contribution in [0.5, 0.6) is 0 Å². The van der Waals surface area contributed by atoms with Crippen LogP contribution in [0.4, 0.5) is 0 Å². The third-order valence-corrected chi connectivity index (χ3v) is 5.77. The number of carbonyl (C=O) groups excluding carboxylic acids is 1. The molecular weight excluding hydrogens is 252 g/mol. The Hall–Kier alpha value is -0.570. The second-order valence-corrected chi connectivity index (χ2v) is 7.15. The number of hydrogen-bond acceptors (Lipinski definition) is 3. The van der Waals surface area contributed by atoms with Gasteiger partial charge in [-0.1, -0.05) is 32.1 Å². The number of fused-ring (bicyclic) bond motifs is 1. The molecule has 0 aromatic heterocycles. The molecule has 0 saturated heterocycles. The molecule has 1 N–H and O–H groups in total. The monoisotopic (exact) mass is 280 g/mol. The van der Waals surface area contributed by atoms with Crippen LogP contribution in [0, 0.1) is 17.8 Å². The van der Waals surface area contributed by atoms with Crippen LogP contribution in [-0.2, 0) is 9.53 Å². The van der Waals surface area contributed by atoms with Crippen molar-refractivity contribution in [2.45, 2.75) is 82.8 Å². The highest BCUT2D eigenvalue weighted by Gasteiger charge is 2.41. The maximum atomic E-state index is 12.4. The molecule has 4 atom stereocenters. The Bertz CT molecular complexity index is 335. The molecule has 3 nitrogen and oxygen atoms in total. The fourth-order valence-corrected chi connectivity index (χ4v) is 4.55. The maximum Gasteiger partial charge on any atom is 0.311 e. The van der Waals surface area contributed by atoms with Crippen LogP contribution in [0.2, 0.25) is 0 Å². The van der Waals surface area contributed by atoms with Crippen LogP contribution in [0.15, 0.2) is 0 Å². The Morgan fingerprint density at radius 3 is 2.15 bits per heavy atom. The van der Waals surface area contributed by atoms with E-state index in [4.69, 9.17) is 4.74 Å². The first-order valence-electron chi connectivity index (χ1n) is 8.62. The van der Waals surface area contributed by atoms with Crippen LogP contribution >= 0.6 is 0 Å². The lowest BCUT2D eigenvalue weighted by Crippen LogP contribution is -2.42. The number of aliphatic hydroxyl groups is 1. The van der Waals surface area contributed by atoms with E-state index >= 15 is 0 Å². The molecule has 0 amide bonds. The number of rotatable bonds is 2. The lowest BCUT2D eigenvalue weighted by molar-refractivity contribution is -0.164. The van der Waals surface area contributed by atoms with Crippen molar-refractivity contribution in [2.24, 2.45) is 17.8 Å². The average Bonchev–Trinajstić information content (AvgIpc) is 2.47. The molecule has 3 heteroatoms. The van der Waals surface area contributed by atoms with Crippen LogP contribution in [0.1, 0.15) is 70.6 Å². The summed E-state index contributed by atoms with van der Waals surface area (Å²) in [7, 11) is 0. The first-order chi connectivity index (χ1) is 9.74. The summed E-state index contributed by atoms with van der Waals surface area (Å²) in [5.74, 6) is 0.929. The summed E-state index contributed by atoms with van der Waals surface area (Å²) in [4.78, 5) is 12.4. The van der Waals surface area contributed by atoms with Crippen molar-refractivity contribution < 1.29 is 14.6 Å². The Morgan fingerprint density at radius 1 is 0.850 bits per heavy atom. The van der Waals surface area contributed by atoms with Gasteiger partial charge in [0.25, 0.3) is 0 Å². The molecule has 0 spiro atoms. The Morgan fingerprint density at radius 2 is 1.45 bits per heavy atom. The van der Waals surface area contributed by atoms with Crippen LogP contribution < -0.4 is 0 Å². The maximum absolute atomic E-state index is 12.4. The second kappa shape index (κ2) is 6.46. The summed E-state index contributed by atoms with van der Waals surface area (Å²) in [6.07, 6.45) is 12.0. The summed E-state index contributed by atoms with van der Waals surface area (Å²) in [6.45, 7) is 0. The minimum Gasteiger partial charge on any atom is -0.462 e. The zero-order valence-corrected chi connectivity index (χ0v) is 12.4. The van der Waals surface area contributed by atoms with Crippen molar-refractivity contribution >= 4 is 5.97 Å². The van der Waals surface area contributed by atoms with Gasteiger partial charge in [-0.15, -0.1) is 0 Å². The second-order valence-electron chi connectivity index (χ2n) is 7.15. The SMILES string of the molecule is O=C(OC1CCCCC1)C1CC2CCCCC2CC1O. The third kappa shape index (κ3) is 3.19. The number of esters is 1. The van der Waals surface area contributed by atoms with Crippen molar-refractivity contribution in [3.63, 3.8) is 0 Å². The van der Waals surface area contributed by atoms with Gasteiger partial charge in [-0.2, -0.15) is 0 Å². The van der Waals surface area contributed by atoms with E-state index in [2.05, 4.69) is 0 Å². The van der Waals surface area contributed by atoms with Crippen LogP contribution in [0.25, 0.3) is 0 Å². The summed E-state index contributed by atoms with van der Waals surface area (Å²) < 4.78 is 5.68. The molecule has 0 aromatic carbocycles. The molecule has 4 unspecified atom stereocenters. The minimum atomic E-state index is -0.467. The largest absolute Gasteiger partial charge is 0.462 e. The van der Waals surface area contributed by atoms with Gasteiger partial charge < -0.3 is 9.84 Å². The molecule has 3 aliphatic rings. The summed E-state index contributed by atoms with van der Waals surface area (Å²) in [5.41, 5.74) is 0. The minimum absolute atomic E-state index is 0.117. The molecule has 3 rings (SSSR count). The van der Waals surface area contributed by atoms with Gasteiger partial charge in [0, 0.05) is 0 Å². The zero-order chi connectivity index (χ0) is 13.9. The van der Waals surface area contributed by atoms with E-state index in [0.29, 0.717) is 11.8 Å². The lowest BCUT2D eigenvalue weighted by atomic mass is 9.66. The molecule has 0 radical (unpaired) electrons. The molecule has 0 heterocycles. The predicted molar refractivity (Wildman–Crippen MR) is 77.1 cm³/mol. The van der Waals surface area contributed by atoms with Gasteiger partial charge in [-0.3, -0.25) is 4.79 Å². The van der Waals surface area contributed by atoms with E-state index in [-0.39, 0.29) is 18.0 Å². The quantitative estimate of drug-likeness (QED) is 0.788. The van der Waals surface area contributed by atoms with Crippen molar-refractivity contribution in [2.75, 3.05) is 0 Å². The van der Waals surface area contributed by atoms with Crippen molar-refractivity contribution in [3.8, 4) is 0 Å². The van der Waals surface area contributed by atoms with Gasteiger partial charge in [0.2, 0.25) is 0 Å². The Balaban J connectivity index is 1.56. The molecule has 0 bridgehead atoms. The standard InChI is InChI=1S/C17H28O3/c18-16-11-13-7-5-4-6-12(13)10-15(16)17(19)20-14-8-2-1-3-9-14/h12-16,18H,1-11H2. The van der Waals surface area contributed by atoms with Gasteiger partial charge in [-0.05, 0) is 50.4 Å². The average molecular weight is 280 g/mol. The molecule has 20 heavy (non-hydrogen) atoms. The molecule has 0 aliphatic heterocycles. The molecule has 3 fully saturated rings. The highest BCUT2D eigenvalue weighted by molar-refractivity contribution is 5.73. The van der Waals surface area contributed by atoms with E-state index in [0.717, 1.165) is 25.7 Å². The summed E-state index contributed by atoms with van der Waals surface area (Å²) in [5, 5.41) is 10.3. The predicted octanol–water partition coefficient (Wildman–Crippen LogP) is 3.44. The zero-order valence-electron chi connectivity index (χ0n) is 12.4. The smallest absolute Gasteiger partial charge is 0.311 e. The summed E-state index contributed by atoms with van der Waals surface area (Å²) in [6, 6.07) is 0.